The van der Waals surface area contributed by atoms with Gasteiger partial charge in [-0.1, -0.05) is 0 Å². The number of carboxylic acids is 1. The molecule has 20 heavy (non-hydrogen) atoms. The number of aliphatic carboxylic acids is 1. The second-order valence-corrected chi connectivity index (χ2v) is 6.13. The molecule has 1 saturated carbocycles. The van der Waals surface area contributed by atoms with Crippen molar-refractivity contribution in [3.8, 4) is 0 Å². The summed E-state index contributed by atoms with van der Waals surface area (Å²) in [5, 5.41) is 11.7. The number of carboxylic acid groups (broad SMARTS) is 1. The van der Waals surface area contributed by atoms with Gasteiger partial charge in [0.25, 0.3) is 0 Å². The van der Waals surface area contributed by atoms with E-state index in [1.54, 1.807) is 28.2 Å². The van der Waals surface area contributed by atoms with E-state index >= 15 is 0 Å². The Kier molecular flexibility index (Phi) is 4.59. The second-order valence-electron chi connectivity index (χ2n) is 5.06. The molecule has 2 amide bonds. The molecule has 0 bridgehead atoms. The number of aromatic nitrogens is 1. The predicted octanol–water partition coefficient (Wildman–Crippen LogP) is 1.94. The van der Waals surface area contributed by atoms with Crippen LogP contribution in [0.3, 0.4) is 0 Å². The van der Waals surface area contributed by atoms with Gasteiger partial charge in [0, 0.05) is 25.0 Å². The molecule has 110 valence electrons. The smallest absolute Gasteiger partial charge is 0.320 e. The number of rotatable bonds is 6. The molecule has 1 aliphatic rings. The van der Waals surface area contributed by atoms with E-state index in [2.05, 4.69) is 4.98 Å². The highest BCUT2D eigenvalue weighted by Gasteiger charge is 2.34. The summed E-state index contributed by atoms with van der Waals surface area (Å²) in [7, 11) is 1.73. The topological polar surface area (TPSA) is 73.7 Å². The Morgan fingerprint density at radius 1 is 1.50 bits per heavy atom. The lowest BCUT2D eigenvalue weighted by Crippen LogP contribution is -2.43. The van der Waals surface area contributed by atoms with E-state index in [4.69, 9.17) is 5.11 Å². The number of carbonyl (C=O) groups is 2. The fourth-order valence-corrected chi connectivity index (χ4v) is 2.65. The SMILES string of the molecule is Cc1nc(CN(C)C(=O)N(CCC(=O)O)C2CC2)cs1. The van der Waals surface area contributed by atoms with Crippen LogP contribution in [0.1, 0.15) is 30.0 Å². The lowest BCUT2D eigenvalue weighted by Gasteiger charge is -2.27. The van der Waals surface area contributed by atoms with Crippen LogP contribution in [-0.2, 0) is 11.3 Å². The zero-order valence-electron chi connectivity index (χ0n) is 11.7. The molecule has 7 heteroatoms. The van der Waals surface area contributed by atoms with Gasteiger partial charge in [-0.15, -0.1) is 11.3 Å². The van der Waals surface area contributed by atoms with E-state index in [1.165, 1.54) is 0 Å². The number of nitrogens with zero attached hydrogens (tertiary/aromatic N) is 3. The Bertz CT molecular complexity index is 499. The number of hydrogen-bond donors (Lipinski definition) is 1. The summed E-state index contributed by atoms with van der Waals surface area (Å²) in [4.78, 5) is 30.7. The molecule has 0 aromatic carbocycles. The molecule has 1 aromatic rings. The van der Waals surface area contributed by atoms with Gasteiger partial charge in [-0.25, -0.2) is 9.78 Å². The Hall–Kier alpha value is -1.63. The first-order valence-corrected chi connectivity index (χ1v) is 7.50. The minimum Gasteiger partial charge on any atom is -0.481 e. The highest BCUT2D eigenvalue weighted by atomic mass is 32.1. The van der Waals surface area contributed by atoms with Gasteiger partial charge >= 0.3 is 12.0 Å². The molecule has 0 radical (unpaired) electrons. The zero-order chi connectivity index (χ0) is 14.7. The molecule has 0 unspecified atom stereocenters. The second kappa shape index (κ2) is 6.21. The van der Waals surface area contributed by atoms with Crippen LogP contribution in [-0.4, -0.2) is 51.5 Å². The summed E-state index contributed by atoms with van der Waals surface area (Å²) < 4.78 is 0. The van der Waals surface area contributed by atoms with Crippen LogP contribution in [0.2, 0.25) is 0 Å². The van der Waals surface area contributed by atoms with Crippen LogP contribution in [0.4, 0.5) is 4.79 Å². The van der Waals surface area contributed by atoms with Crippen LogP contribution in [0.25, 0.3) is 0 Å². The summed E-state index contributed by atoms with van der Waals surface area (Å²) in [6, 6.07) is 0.0980. The average molecular weight is 297 g/mol. The largest absolute Gasteiger partial charge is 0.481 e. The first-order valence-electron chi connectivity index (χ1n) is 6.62. The molecule has 1 N–H and O–H groups in total. The molecule has 1 aliphatic carbocycles. The number of hydrogen-bond acceptors (Lipinski definition) is 4. The van der Waals surface area contributed by atoms with Gasteiger partial charge < -0.3 is 14.9 Å². The van der Waals surface area contributed by atoms with Crippen LogP contribution in [0.15, 0.2) is 5.38 Å². The molecule has 1 aromatic heterocycles. The van der Waals surface area contributed by atoms with Gasteiger partial charge in [0.2, 0.25) is 0 Å². The van der Waals surface area contributed by atoms with E-state index in [-0.39, 0.29) is 25.0 Å². The Labute approximate surface area is 122 Å². The maximum atomic E-state index is 12.4. The Morgan fingerprint density at radius 2 is 2.20 bits per heavy atom. The van der Waals surface area contributed by atoms with E-state index in [0.717, 1.165) is 23.5 Å². The van der Waals surface area contributed by atoms with E-state index in [1.807, 2.05) is 12.3 Å². The van der Waals surface area contributed by atoms with Crippen molar-refractivity contribution in [2.45, 2.75) is 38.8 Å². The highest BCUT2D eigenvalue weighted by molar-refractivity contribution is 7.09. The lowest BCUT2D eigenvalue weighted by molar-refractivity contribution is -0.137. The maximum absolute atomic E-state index is 12.4. The normalized spacial score (nSPS) is 14.1. The van der Waals surface area contributed by atoms with E-state index < -0.39 is 5.97 Å². The first-order chi connectivity index (χ1) is 9.47. The highest BCUT2D eigenvalue weighted by Crippen LogP contribution is 2.28. The quantitative estimate of drug-likeness (QED) is 0.871. The molecule has 2 rings (SSSR count). The minimum atomic E-state index is -0.874. The predicted molar refractivity (Wildman–Crippen MR) is 75.7 cm³/mol. The van der Waals surface area contributed by atoms with Gasteiger partial charge in [-0.3, -0.25) is 4.79 Å². The van der Waals surface area contributed by atoms with Gasteiger partial charge in [0.15, 0.2) is 0 Å². The van der Waals surface area contributed by atoms with Crippen molar-refractivity contribution in [1.29, 1.82) is 0 Å². The summed E-state index contributed by atoms with van der Waals surface area (Å²) in [5.74, 6) is -0.874. The standard InChI is InChI=1S/C13H19N3O3S/c1-9-14-10(8-20-9)7-15(2)13(19)16(11-3-4-11)6-5-12(17)18/h8,11H,3-7H2,1-2H3,(H,17,18). The van der Waals surface area contributed by atoms with Crippen molar-refractivity contribution in [3.05, 3.63) is 16.1 Å². The fourth-order valence-electron chi connectivity index (χ4n) is 2.05. The number of amides is 2. The molecular weight excluding hydrogens is 278 g/mol. The van der Waals surface area contributed by atoms with Gasteiger partial charge in [0.1, 0.15) is 0 Å². The summed E-state index contributed by atoms with van der Waals surface area (Å²) >= 11 is 1.56. The third-order valence-corrected chi connectivity index (χ3v) is 4.01. The van der Waals surface area contributed by atoms with Crippen molar-refractivity contribution in [2.75, 3.05) is 13.6 Å². The average Bonchev–Trinajstić information content (AvgIpc) is 3.13. The first kappa shape index (κ1) is 14.8. The van der Waals surface area contributed by atoms with Gasteiger partial charge in [-0.2, -0.15) is 0 Å². The molecule has 0 saturated heterocycles. The van der Waals surface area contributed by atoms with Gasteiger partial charge in [0.05, 0.1) is 23.7 Å². The van der Waals surface area contributed by atoms with Crippen LogP contribution < -0.4 is 0 Å². The van der Waals surface area contributed by atoms with Crippen molar-refractivity contribution < 1.29 is 14.7 Å². The number of aryl methyl sites for hydroxylation is 1. The summed E-state index contributed by atoms with van der Waals surface area (Å²) in [6.45, 7) is 2.66. The maximum Gasteiger partial charge on any atom is 0.320 e. The van der Waals surface area contributed by atoms with Crippen molar-refractivity contribution in [2.24, 2.45) is 0 Å². The van der Waals surface area contributed by atoms with Crippen LogP contribution in [0, 0.1) is 6.92 Å². The molecular formula is C13H19N3O3S. The molecule has 0 aliphatic heterocycles. The lowest BCUT2D eigenvalue weighted by atomic mass is 10.3. The van der Waals surface area contributed by atoms with Crippen molar-refractivity contribution >= 4 is 23.3 Å². The molecule has 6 nitrogen and oxygen atoms in total. The minimum absolute atomic E-state index is 0.00805. The van der Waals surface area contributed by atoms with Crippen LogP contribution >= 0.6 is 11.3 Å². The van der Waals surface area contributed by atoms with Crippen molar-refractivity contribution in [1.82, 2.24) is 14.8 Å². The Balaban J connectivity index is 1.93. The zero-order valence-corrected chi connectivity index (χ0v) is 12.5. The summed E-state index contributed by atoms with van der Waals surface area (Å²) in [6.07, 6.45) is 1.93. The third kappa shape index (κ3) is 3.93. The van der Waals surface area contributed by atoms with E-state index in [0.29, 0.717) is 6.54 Å². The molecule has 0 spiro atoms. The molecule has 1 heterocycles. The van der Waals surface area contributed by atoms with Crippen molar-refractivity contribution in [3.63, 3.8) is 0 Å². The molecule has 1 fully saturated rings. The Morgan fingerprint density at radius 3 is 2.70 bits per heavy atom. The monoisotopic (exact) mass is 297 g/mol. The fraction of sp³-hybridized carbons (Fsp3) is 0.615. The van der Waals surface area contributed by atoms with Crippen LogP contribution in [0.5, 0.6) is 0 Å². The van der Waals surface area contributed by atoms with Gasteiger partial charge in [-0.05, 0) is 19.8 Å². The number of urea groups is 1. The number of carbonyl (C=O) groups excluding carboxylic acids is 1. The van der Waals surface area contributed by atoms with E-state index in [9.17, 15) is 9.59 Å². The third-order valence-electron chi connectivity index (χ3n) is 3.19. The number of thiazole rings is 1. The summed E-state index contributed by atoms with van der Waals surface area (Å²) in [5.41, 5.74) is 0.873. The molecule has 0 atom stereocenters.